The fourth-order valence-electron chi connectivity index (χ4n) is 1.95. The van der Waals surface area contributed by atoms with Gasteiger partial charge in [0.1, 0.15) is 6.61 Å². The highest BCUT2D eigenvalue weighted by molar-refractivity contribution is 6.17. The van der Waals surface area contributed by atoms with Crippen molar-refractivity contribution in [3.8, 4) is 11.1 Å². The Balaban J connectivity index is 2.33. The van der Waals surface area contributed by atoms with Crippen LogP contribution < -0.4 is 0 Å². The van der Waals surface area contributed by atoms with Crippen molar-refractivity contribution < 1.29 is 14.6 Å². The van der Waals surface area contributed by atoms with E-state index in [4.69, 9.17) is 9.84 Å². The molecule has 2 aromatic rings. The summed E-state index contributed by atoms with van der Waals surface area (Å²) in [5, 5.41) is 8.69. The Morgan fingerprint density at radius 1 is 1.05 bits per heavy atom. The third-order valence-electron chi connectivity index (χ3n) is 2.91. The summed E-state index contributed by atoms with van der Waals surface area (Å²) in [6, 6.07) is 17.3. The number of ether oxygens (including phenoxy) is 1. The molecule has 0 saturated heterocycles. The molecule has 20 heavy (non-hydrogen) atoms. The van der Waals surface area contributed by atoms with Crippen LogP contribution in [-0.4, -0.2) is 24.3 Å². The Morgan fingerprint density at radius 3 is 2.40 bits per heavy atom. The van der Waals surface area contributed by atoms with Crippen molar-refractivity contribution in [3.63, 3.8) is 0 Å². The zero-order valence-electron chi connectivity index (χ0n) is 11.1. The SMILES string of the molecule is C=C(C(=O)OCCO)c1ccccc1-c1ccccc1. The second kappa shape index (κ2) is 6.68. The number of hydrogen-bond acceptors (Lipinski definition) is 3. The smallest absolute Gasteiger partial charge is 0.338 e. The van der Waals surface area contributed by atoms with E-state index in [9.17, 15) is 4.79 Å². The molecular weight excluding hydrogens is 252 g/mol. The molecule has 0 fully saturated rings. The van der Waals surface area contributed by atoms with Crippen molar-refractivity contribution >= 4 is 11.5 Å². The quantitative estimate of drug-likeness (QED) is 0.670. The van der Waals surface area contributed by atoms with Crippen molar-refractivity contribution in [2.75, 3.05) is 13.2 Å². The Labute approximate surface area is 118 Å². The van der Waals surface area contributed by atoms with E-state index in [0.29, 0.717) is 0 Å². The molecule has 0 bridgehead atoms. The van der Waals surface area contributed by atoms with E-state index in [1.807, 2.05) is 54.6 Å². The Kier molecular flexibility index (Phi) is 4.69. The molecule has 102 valence electrons. The summed E-state index contributed by atoms with van der Waals surface area (Å²) in [6.45, 7) is 3.59. The maximum atomic E-state index is 11.9. The molecule has 1 N–H and O–H groups in total. The normalized spacial score (nSPS) is 10.1. The lowest BCUT2D eigenvalue weighted by molar-refractivity contribution is -0.137. The molecule has 0 heterocycles. The molecule has 2 aromatic carbocycles. The minimum absolute atomic E-state index is 0.0225. The second-order valence-corrected chi connectivity index (χ2v) is 4.25. The predicted octanol–water partition coefficient (Wildman–Crippen LogP) is 2.90. The maximum Gasteiger partial charge on any atom is 0.338 e. The van der Waals surface area contributed by atoms with Crippen molar-refractivity contribution in [3.05, 3.63) is 66.7 Å². The molecule has 0 atom stereocenters. The molecule has 0 amide bonds. The third-order valence-corrected chi connectivity index (χ3v) is 2.91. The first kappa shape index (κ1) is 14.0. The summed E-state index contributed by atoms with van der Waals surface area (Å²) in [5.74, 6) is -0.512. The minimum atomic E-state index is -0.512. The molecule has 2 rings (SSSR count). The Hall–Kier alpha value is -2.39. The fourth-order valence-corrected chi connectivity index (χ4v) is 1.95. The highest BCUT2D eigenvalue weighted by Gasteiger charge is 2.14. The molecule has 3 nitrogen and oxygen atoms in total. The van der Waals surface area contributed by atoms with Gasteiger partial charge in [0.25, 0.3) is 0 Å². The predicted molar refractivity (Wildman–Crippen MR) is 79.0 cm³/mol. The summed E-state index contributed by atoms with van der Waals surface area (Å²) in [4.78, 5) is 11.9. The van der Waals surface area contributed by atoms with Crippen LogP contribution in [0.1, 0.15) is 5.56 Å². The molecule has 0 aromatic heterocycles. The van der Waals surface area contributed by atoms with Gasteiger partial charge in [0, 0.05) is 0 Å². The number of rotatable bonds is 5. The van der Waals surface area contributed by atoms with Gasteiger partial charge in [-0.15, -0.1) is 0 Å². The number of carbonyl (C=O) groups is 1. The van der Waals surface area contributed by atoms with E-state index >= 15 is 0 Å². The van der Waals surface area contributed by atoms with Gasteiger partial charge in [-0.05, 0) is 16.7 Å². The second-order valence-electron chi connectivity index (χ2n) is 4.25. The van der Waals surface area contributed by atoms with E-state index in [1.54, 1.807) is 0 Å². The van der Waals surface area contributed by atoms with Crippen molar-refractivity contribution in [2.24, 2.45) is 0 Å². The van der Waals surface area contributed by atoms with Crippen molar-refractivity contribution in [1.29, 1.82) is 0 Å². The van der Waals surface area contributed by atoms with Crippen LogP contribution in [0.3, 0.4) is 0 Å². The summed E-state index contributed by atoms with van der Waals surface area (Å²) in [7, 11) is 0. The van der Waals surface area contributed by atoms with Gasteiger partial charge in [-0.3, -0.25) is 0 Å². The first-order chi connectivity index (χ1) is 9.74. The molecule has 0 aliphatic rings. The lowest BCUT2D eigenvalue weighted by atomic mass is 9.95. The maximum absolute atomic E-state index is 11.9. The molecular formula is C17H16O3. The molecule has 0 aliphatic heterocycles. The summed E-state index contributed by atoms with van der Waals surface area (Å²) >= 11 is 0. The van der Waals surface area contributed by atoms with Crippen LogP contribution in [0, 0.1) is 0 Å². The van der Waals surface area contributed by atoms with Crippen molar-refractivity contribution in [1.82, 2.24) is 0 Å². The molecule has 0 aliphatic carbocycles. The van der Waals surface area contributed by atoms with Crippen LogP contribution in [0.5, 0.6) is 0 Å². The molecule has 0 unspecified atom stereocenters. The number of aliphatic hydroxyl groups is 1. The van der Waals surface area contributed by atoms with Gasteiger partial charge < -0.3 is 9.84 Å². The summed E-state index contributed by atoms with van der Waals surface area (Å²) in [6.07, 6.45) is 0. The first-order valence-electron chi connectivity index (χ1n) is 6.35. The highest BCUT2D eigenvalue weighted by atomic mass is 16.5. The highest BCUT2D eigenvalue weighted by Crippen LogP contribution is 2.28. The molecule has 0 spiro atoms. The molecule has 3 heteroatoms. The van der Waals surface area contributed by atoms with Gasteiger partial charge >= 0.3 is 5.97 Å². The summed E-state index contributed by atoms with van der Waals surface area (Å²) < 4.78 is 4.91. The fraction of sp³-hybridized carbons (Fsp3) is 0.118. The number of carbonyl (C=O) groups excluding carboxylic acids is 1. The van der Waals surface area contributed by atoms with E-state index in [2.05, 4.69) is 6.58 Å². The van der Waals surface area contributed by atoms with Gasteiger partial charge in [0.15, 0.2) is 0 Å². The van der Waals surface area contributed by atoms with E-state index in [1.165, 1.54) is 0 Å². The van der Waals surface area contributed by atoms with E-state index < -0.39 is 5.97 Å². The topological polar surface area (TPSA) is 46.5 Å². The van der Waals surface area contributed by atoms with Crippen LogP contribution in [0.25, 0.3) is 16.7 Å². The van der Waals surface area contributed by atoms with Gasteiger partial charge in [0.2, 0.25) is 0 Å². The Bertz CT molecular complexity index is 603. The number of hydrogen-bond donors (Lipinski definition) is 1. The van der Waals surface area contributed by atoms with Crippen LogP contribution in [0.2, 0.25) is 0 Å². The van der Waals surface area contributed by atoms with E-state index in [0.717, 1.165) is 16.7 Å². The van der Waals surface area contributed by atoms with Crippen LogP contribution in [-0.2, 0) is 9.53 Å². The number of benzene rings is 2. The number of esters is 1. The standard InChI is InChI=1S/C17H16O3/c1-13(17(19)20-12-11-18)15-9-5-6-10-16(15)14-7-3-2-4-8-14/h2-10,18H,1,11-12H2. The van der Waals surface area contributed by atoms with Gasteiger partial charge in [-0.2, -0.15) is 0 Å². The third kappa shape index (κ3) is 3.13. The average molecular weight is 268 g/mol. The van der Waals surface area contributed by atoms with Crippen molar-refractivity contribution in [2.45, 2.75) is 0 Å². The van der Waals surface area contributed by atoms with Gasteiger partial charge in [-0.25, -0.2) is 4.79 Å². The zero-order chi connectivity index (χ0) is 14.4. The minimum Gasteiger partial charge on any atom is -0.460 e. The van der Waals surface area contributed by atoms with E-state index in [-0.39, 0.29) is 18.8 Å². The first-order valence-corrected chi connectivity index (χ1v) is 6.35. The van der Waals surface area contributed by atoms with Gasteiger partial charge in [0.05, 0.1) is 12.2 Å². The average Bonchev–Trinajstić information content (AvgIpc) is 2.52. The lowest BCUT2D eigenvalue weighted by Gasteiger charge is -2.11. The zero-order valence-corrected chi connectivity index (χ0v) is 11.1. The van der Waals surface area contributed by atoms with Gasteiger partial charge in [-0.1, -0.05) is 61.2 Å². The number of aliphatic hydroxyl groups excluding tert-OH is 1. The Morgan fingerprint density at radius 2 is 1.70 bits per heavy atom. The monoisotopic (exact) mass is 268 g/mol. The van der Waals surface area contributed by atoms with Crippen LogP contribution >= 0.6 is 0 Å². The summed E-state index contributed by atoms with van der Waals surface area (Å²) in [5.41, 5.74) is 2.97. The molecule has 0 saturated carbocycles. The molecule has 0 radical (unpaired) electrons. The van der Waals surface area contributed by atoms with Crippen LogP contribution in [0.15, 0.2) is 61.2 Å². The van der Waals surface area contributed by atoms with Crippen LogP contribution in [0.4, 0.5) is 0 Å². The lowest BCUT2D eigenvalue weighted by Crippen LogP contribution is -2.10. The largest absolute Gasteiger partial charge is 0.460 e.